The molecule has 31 heavy (non-hydrogen) atoms. The van der Waals surface area contributed by atoms with Crippen LogP contribution in [0.3, 0.4) is 0 Å². The number of halogens is 4. The predicted molar refractivity (Wildman–Crippen MR) is 114 cm³/mol. The van der Waals surface area contributed by atoms with Crippen LogP contribution in [-0.2, 0) is 11.0 Å². The Kier molecular flexibility index (Phi) is 5.98. The highest BCUT2D eigenvalue weighted by atomic mass is 35.5. The number of likely N-dealkylation sites (tertiary alicyclic amines) is 1. The van der Waals surface area contributed by atoms with Gasteiger partial charge in [0.05, 0.1) is 32.9 Å². The third kappa shape index (κ3) is 4.43. The molecule has 162 valence electrons. The van der Waals surface area contributed by atoms with Crippen LogP contribution in [0.1, 0.15) is 18.4 Å². The van der Waals surface area contributed by atoms with Gasteiger partial charge in [-0.15, -0.1) is 0 Å². The van der Waals surface area contributed by atoms with Crippen LogP contribution >= 0.6 is 23.4 Å². The summed E-state index contributed by atoms with van der Waals surface area (Å²) in [4.78, 5) is 31.9. The highest BCUT2D eigenvalue weighted by Gasteiger charge is 2.31. The summed E-state index contributed by atoms with van der Waals surface area (Å²) >= 11 is 7.21. The van der Waals surface area contributed by atoms with Crippen LogP contribution in [0.4, 0.5) is 13.2 Å². The fraction of sp³-hybridized carbons (Fsp3) is 0.286. The van der Waals surface area contributed by atoms with Crippen molar-refractivity contribution in [1.29, 1.82) is 0 Å². The number of aromatic nitrogens is 2. The number of rotatable bonds is 4. The van der Waals surface area contributed by atoms with Crippen molar-refractivity contribution in [1.82, 2.24) is 14.5 Å². The summed E-state index contributed by atoms with van der Waals surface area (Å²) in [5.41, 5.74) is -1.22. The van der Waals surface area contributed by atoms with Crippen LogP contribution in [0, 0.1) is 0 Å². The summed E-state index contributed by atoms with van der Waals surface area (Å²) in [5, 5.41) is 0.323. The molecule has 1 aliphatic heterocycles. The Labute approximate surface area is 184 Å². The van der Waals surface area contributed by atoms with Crippen molar-refractivity contribution in [2.24, 2.45) is 0 Å². The maximum absolute atomic E-state index is 13.3. The van der Waals surface area contributed by atoms with Crippen molar-refractivity contribution in [3.05, 3.63) is 63.4 Å². The van der Waals surface area contributed by atoms with E-state index in [2.05, 4.69) is 4.98 Å². The topological polar surface area (TPSA) is 55.2 Å². The molecule has 0 radical (unpaired) electrons. The van der Waals surface area contributed by atoms with Gasteiger partial charge in [-0.1, -0.05) is 35.5 Å². The van der Waals surface area contributed by atoms with Crippen LogP contribution in [-0.4, -0.2) is 39.2 Å². The van der Waals surface area contributed by atoms with Crippen molar-refractivity contribution in [3.63, 3.8) is 0 Å². The Morgan fingerprint density at radius 1 is 1.13 bits per heavy atom. The second-order valence-electron chi connectivity index (χ2n) is 7.09. The molecule has 0 unspecified atom stereocenters. The monoisotopic (exact) mass is 467 g/mol. The van der Waals surface area contributed by atoms with Gasteiger partial charge in [-0.2, -0.15) is 13.2 Å². The molecule has 2 aromatic carbocycles. The quantitative estimate of drug-likeness (QED) is 0.409. The van der Waals surface area contributed by atoms with E-state index in [9.17, 15) is 22.8 Å². The SMILES string of the molecule is O=C(CSc1nc2ccccc2c(=O)n1-c1cc(C(F)(F)F)ccc1Cl)N1CCCC1. The molecule has 1 fully saturated rings. The average Bonchev–Trinajstić information content (AvgIpc) is 3.27. The van der Waals surface area contributed by atoms with E-state index in [4.69, 9.17) is 11.6 Å². The zero-order valence-corrected chi connectivity index (χ0v) is 17.7. The van der Waals surface area contributed by atoms with Gasteiger partial charge >= 0.3 is 6.18 Å². The van der Waals surface area contributed by atoms with E-state index in [-0.39, 0.29) is 32.9 Å². The van der Waals surface area contributed by atoms with Crippen LogP contribution in [0.15, 0.2) is 52.4 Å². The van der Waals surface area contributed by atoms with Crippen molar-refractivity contribution in [3.8, 4) is 5.69 Å². The molecular formula is C21H17ClF3N3O2S. The Morgan fingerprint density at radius 2 is 1.84 bits per heavy atom. The number of hydrogen-bond acceptors (Lipinski definition) is 4. The first kappa shape index (κ1) is 21.7. The fourth-order valence-electron chi connectivity index (χ4n) is 3.47. The Balaban J connectivity index is 1.83. The second kappa shape index (κ2) is 8.55. The molecular weight excluding hydrogens is 451 g/mol. The molecule has 1 amide bonds. The molecule has 4 rings (SSSR count). The van der Waals surface area contributed by atoms with E-state index in [1.54, 1.807) is 29.2 Å². The van der Waals surface area contributed by atoms with E-state index >= 15 is 0 Å². The van der Waals surface area contributed by atoms with E-state index in [1.807, 2.05) is 0 Å². The minimum atomic E-state index is -4.60. The molecule has 0 saturated carbocycles. The molecule has 2 heterocycles. The Hall–Kier alpha value is -2.52. The van der Waals surface area contributed by atoms with Crippen LogP contribution in [0.25, 0.3) is 16.6 Å². The van der Waals surface area contributed by atoms with Gasteiger partial charge in [0.2, 0.25) is 5.91 Å². The maximum atomic E-state index is 13.3. The lowest BCUT2D eigenvalue weighted by Crippen LogP contribution is -2.30. The minimum Gasteiger partial charge on any atom is -0.342 e. The van der Waals surface area contributed by atoms with Crippen LogP contribution < -0.4 is 5.56 Å². The summed E-state index contributed by atoms with van der Waals surface area (Å²) in [6.45, 7) is 1.35. The summed E-state index contributed by atoms with van der Waals surface area (Å²) < 4.78 is 40.9. The Bertz CT molecular complexity index is 1210. The van der Waals surface area contributed by atoms with Gasteiger partial charge in [-0.05, 0) is 43.2 Å². The van der Waals surface area contributed by atoms with Crippen molar-refractivity contribution >= 4 is 40.2 Å². The molecule has 1 saturated heterocycles. The van der Waals surface area contributed by atoms with E-state index in [1.165, 1.54) is 0 Å². The van der Waals surface area contributed by atoms with Crippen LogP contribution in [0.5, 0.6) is 0 Å². The number of benzene rings is 2. The Morgan fingerprint density at radius 3 is 2.55 bits per heavy atom. The van der Waals surface area contributed by atoms with E-state index in [0.29, 0.717) is 18.6 Å². The smallest absolute Gasteiger partial charge is 0.342 e. The number of fused-ring (bicyclic) bond motifs is 1. The molecule has 0 bridgehead atoms. The number of para-hydroxylation sites is 1. The third-order valence-corrected chi connectivity index (χ3v) is 6.29. The molecule has 5 nitrogen and oxygen atoms in total. The normalized spacial score (nSPS) is 14.4. The lowest BCUT2D eigenvalue weighted by atomic mass is 10.2. The number of amides is 1. The van der Waals surface area contributed by atoms with Crippen molar-refractivity contribution in [2.45, 2.75) is 24.2 Å². The molecule has 10 heteroatoms. The lowest BCUT2D eigenvalue weighted by molar-refractivity contribution is -0.137. The fourth-order valence-corrected chi connectivity index (χ4v) is 4.58. The number of carbonyl (C=O) groups is 1. The van der Waals surface area contributed by atoms with E-state index in [0.717, 1.165) is 47.4 Å². The minimum absolute atomic E-state index is 0.0152. The molecule has 1 aromatic heterocycles. The largest absolute Gasteiger partial charge is 0.416 e. The lowest BCUT2D eigenvalue weighted by Gasteiger charge is -2.18. The molecule has 3 aromatic rings. The standard InChI is InChI=1S/C21H17ClF3N3O2S/c22-15-8-7-13(21(23,24)25)11-17(15)28-19(30)14-5-1-2-6-16(14)26-20(28)31-12-18(29)27-9-3-4-10-27/h1-2,5-8,11H,3-4,9-10,12H2. The summed E-state index contributed by atoms with van der Waals surface area (Å²) in [7, 11) is 0. The number of nitrogens with zero attached hydrogens (tertiary/aromatic N) is 3. The molecule has 0 N–H and O–H groups in total. The van der Waals surface area contributed by atoms with Gasteiger partial charge in [-0.25, -0.2) is 4.98 Å². The number of alkyl halides is 3. The molecule has 0 atom stereocenters. The van der Waals surface area contributed by atoms with Gasteiger partial charge < -0.3 is 4.90 Å². The third-order valence-electron chi connectivity index (χ3n) is 5.04. The van der Waals surface area contributed by atoms with Gasteiger partial charge in [0.25, 0.3) is 5.56 Å². The molecule has 0 aliphatic carbocycles. The first-order valence-corrected chi connectivity index (χ1v) is 10.9. The van der Waals surface area contributed by atoms with Crippen molar-refractivity contribution < 1.29 is 18.0 Å². The van der Waals surface area contributed by atoms with Crippen LogP contribution in [0.2, 0.25) is 5.02 Å². The highest BCUT2D eigenvalue weighted by Crippen LogP contribution is 2.34. The first-order valence-electron chi connectivity index (χ1n) is 9.55. The average molecular weight is 468 g/mol. The molecule has 0 spiro atoms. The predicted octanol–water partition coefficient (Wildman–Crippen LogP) is 4.77. The zero-order valence-electron chi connectivity index (χ0n) is 16.2. The highest BCUT2D eigenvalue weighted by molar-refractivity contribution is 7.99. The summed E-state index contributed by atoms with van der Waals surface area (Å²) in [6, 6.07) is 9.33. The van der Waals surface area contributed by atoms with Crippen molar-refractivity contribution in [2.75, 3.05) is 18.8 Å². The van der Waals surface area contributed by atoms with Gasteiger partial charge in [0, 0.05) is 13.1 Å². The number of hydrogen-bond donors (Lipinski definition) is 0. The number of carbonyl (C=O) groups excluding carboxylic acids is 1. The zero-order chi connectivity index (χ0) is 22.2. The maximum Gasteiger partial charge on any atom is 0.416 e. The second-order valence-corrected chi connectivity index (χ2v) is 8.44. The van der Waals surface area contributed by atoms with Gasteiger partial charge in [-0.3, -0.25) is 14.2 Å². The molecule has 1 aliphatic rings. The van der Waals surface area contributed by atoms with E-state index < -0.39 is 17.3 Å². The summed E-state index contributed by atoms with van der Waals surface area (Å²) in [6.07, 6.45) is -2.73. The van der Waals surface area contributed by atoms with Gasteiger partial charge in [0.15, 0.2) is 5.16 Å². The number of thioether (sulfide) groups is 1. The first-order chi connectivity index (χ1) is 14.8. The van der Waals surface area contributed by atoms with Gasteiger partial charge in [0.1, 0.15) is 0 Å². The summed E-state index contributed by atoms with van der Waals surface area (Å²) in [5.74, 6) is -0.0898.